The lowest BCUT2D eigenvalue weighted by molar-refractivity contribution is -0.0336. The van der Waals surface area contributed by atoms with E-state index in [-0.39, 0.29) is 29.9 Å². The van der Waals surface area contributed by atoms with Gasteiger partial charge in [0, 0.05) is 44.7 Å². The number of carbonyl (C=O) groups excluding carboxylic acids is 2. The quantitative estimate of drug-likeness (QED) is 0.113. The van der Waals surface area contributed by atoms with E-state index < -0.39 is 18.2 Å². The van der Waals surface area contributed by atoms with E-state index >= 15 is 0 Å². The summed E-state index contributed by atoms with van der Waals surface area (Å²) in [6.45, 7) is 5.33. The van der Waals surface area contributed by atoms with E-state index in [2.05, 4.69) is 25.6 Å². The molecule has 0 aliphatic carbocycles. The van der Waals surface area contributed by atoms with E-state index in [0.29, 0.717) is 65.9 Å². The molecule has 6 heterocycles. The van der Waals surface area contributed by atoms with Gasteiger partial charge < -0.3 is 40.2 Å². The lowest BCUT2D eigenvalue weighted by Gasteiger charge is -2.43. The van der Waals surface area contributed by atoms with Crippen LogP contribution in [0.2, 0.25) is 0 Å². The molecule has 4 aliphatic heterocycles. The van der Waals surface area contributed by atoms with Crippen LogP contribution in [-0.2, 0) is 18.4 Å². The minimum absolute atomic E-state index is 0.0448. The minimum atomic E-state index is -0.833. The number of aryl methyl sites for hydroxylation is 1. The third-order valence-electron chi connectivity index (χ3n) is 12.0. The largest absolute Gasteiger partial charge is 0.506 e. The van der Waals surface area contributed by atoms with Crippen LogP contribution in [-0.4, -0.2) is 98.7 Å². The maximum Gasteiger partial charge on any atom is 0.408 e. The Kier molecular flexibility index (Phi) is 11.8. The van der Waals surface area contributed by atoms with Gasteiger partial charge in [0.2, 0.25) is 5.56 Å². The van der Waals surface area contributed by atoms with Crippen molar-refractivity contribution in [1.82, 2.24) is 35.2 Å². The van der Waals surface area contributed by atoms with Crippen LogP contribution < -0.4 is 20.9 Å². The first-order chi connectivity index (χ1) is 28.2. The number of phenols is 1. The van der Waals surface area contributed by atoms with E-state index in [4.69, 9.17) is 9.47 Å². The van der Waals surface area contributed by atoms with E-state index in [1.54, 1.807) is 29.9 Å². The number of phenolic OH excluding ortho intramolecular Hbond substituents is 1. The number of alkyl carbamates (subject to hydrolysis) is 1. The van der Waals surface area contributed by atoms with Crippen molar-refractivity contribution >= 4 is 22.9 Å². The van der Waals surface area contributed by atoms with Gasteiger partial charge in [-0.3, -0.25) is 19.2 Å². The van der Waals surface area contributed by atoms with Gasteiger partial charge in [0.05, 0.1) is 23.4 Å². The standard InChI is InChI=1S/C44H51N7O7/c1-49-32(27-57-33-9-5-8-31(22-33)41(30-6-3-2-4-7-30)47-44(56)58-39-26-50-18-16-29(39)17-19-50)23-36(48-49)43(55)51-20-14-28(15-21-51)24-45-25-38(53)34-10-12-37(52)42-35(34)11-13-40(54)46-42/h2-13,22-23,28-29,38-39,41,45,52-53H,14-21,24-27H2,1H3,(H,46,54)(H,47,56). The number of hydrogen-bond donors (Lipinski definition) is 5. The Morgan fingerprint density at radius 2 is 1.71 bits per heavy atom. The SMILES string of the molecule is Cn1nc(C(=O)N2CCC(CNCC(O)c3ccc(O)c4[nH]c(=O)ccc34)CC2)cc1COc1cccc(C(NC(=O)OC2CN3CCC2CC3)c2ccccc2)c1. The molecule has 2 bridgehead atoms. The van der Waals surface area contributed by atoms with Crippen molar-refractivity contribution in [2.24, 2.45) is 18.9 Å². The van der Waals surface area contributed by atoms with E-state index in [1.165, 1.54) is 12.1 Å². The van der Waals surface area contributed by atoms with Crippen molar-refractivity contribution in [3.63, 3.8) is 0 Å². The molecule has 304 valence electrons. The molecule has 3 unspecified atom stereocenters. The zero-order valence-corrected chi connectivity index (χ0v) is 32.7. The summed E-state index contributed by atoms with van der Waals surface area (Å²) in [4.78, 5) is 45.4. The molecular weight excluding hydrogens is 739 g/mol. The molecule has 4 fully saturated rings. The second-order valence-corrected chi connectivity index (χ2v) is 15.8. The average molecular weight is 790 g/mol. The molecule has 5 N–H and O–H groups in total. The van der Waals surface area contributed by atoms with Crippen molar-refractivity contribution in [2.45, 2.75) is 50.5 Å². The first-order valence-electron chi connectivity index (χ1n) is 20.2. The van der Waals surface area contributed by atoms with Crippen LogP contribution in [0.4, 0.5) is 4.79 Å². The van der Waals surface area contributed by atoms with Crippen molar-refractivity contribution in [1.29, 1.82) is 0 Å². The summed E-state index contributed by atoms with van der Waals surface area (Å²) < 4.78 is 13.9. The van der Waals surface area contributed by atoms with Gasteiger partial charge in [0.1, 0.15) is 24.2 Å². The van der Waals surface area contributed by atoms with Gasteiger partial charge in [-0.15, -0.1) is 0 Å². The molecular formula is C44H51N7O7. The average Bonchev–Trinajstić information content (AvgIpc) is 3.63. The van der Waals surface area contributed by atoms with Crippen molar-refractivity contribution in [2.75, 3.05) is 45.8 Å². The highest BCUT2D eigenvalue weighted by molar-refractivity contribution is 5.92. The first kappa shape index (κ1) is 39.1. The molecule has 4 aliphatic rings. The lowest BCUT2D eigenvalue weighted by atomic mass is 9.86. The third kappa shape index (κ3) is 8.89. The van der Waals surface area contributed by atoms with Crippen molar-refractivity contribution < 1.29 is 29.3 Å². The highest BCUT2D eigenvalue weighted by Gasteiger charge is 2.37. The molecule has 9 rings (SSSR count). The molecule has 0 radical (unpaired) electrons. The number of aromatic amines is 1. The zero-order chi connectivity index (χ0) is 40.2. The summed E-state index contributed by atoms with van der Waals surface area (Å²) in [6.07, 6.45) is 2.40. The number of pyridine rings is 1. The van der Waals surface area contributed by atoms with E-state index in [9.17, 15) is 24.6 Å². The van der Waals surface area contributed by atoms with Crippen LogP contribution >= 0.6 is 0 Å². The van der Waals surface area contributed by atoms with Crippen LogP contribution in [0, 0.1) is 11.8 Å². The Bertz CT molecular complexity index is 2280. The minimum Gasteiger partial charge on any atom is -0.506 e. The monoisotopic (exact) mass is 789 g/mol. The zero-order valence-electron chi connectivity index (χ0n) is 32.7. The number of likely N-dealkylation sites (tertiary alicyclic amines) is 1. The molecule has 4 saturated heterocycles. The predicted octanol–water partition coefficient (Wildman–Crippen LogP) is 4.63. The van der Waals surface area contributed by atoms with Gasteiger partial charge in [-0.1, -0.05) is 48.5 Å². The number of hydrogen-bond acceptors (Lipinski definition) is 10. The summed E-state index contributed by atoms with van der Waals surface area (Å²) in [5.41, 5.74) is 3.50. The fourth-order valence-electron chi connectivity index (χ4n) is 8.61. The van der Waals surface area contributed by atoms with Gasteiger partial charge in [-0.2, -0.15) is 5.10 Å². The second kappa shape index (κ2) is 17.4. The Morgan fingerprint density at radius 3 is 2.47 bits per heavy atom. The normalized spacial score (nSPS) is 20.4. The Hall–Kier alpha value is -5.70. The lowest BCUT2D eigenvalue weighted by Crippen LogP contribution is -2.52. The van der Waals surface area contributed by atoms with Crippen LogP contribution in [0.3, 0.4) is 0 Å². The highest BCUT2D eigenvalue weighted by Crippen LogP contribution is 2.32. The van der Waals surface area contributed by atoms with Gasteiger partial charge in [0.15, 0.2) is 5.69 Å². The molecule has 14 heteroatoms. The molecule has 3 aromatic carbocycles. The number of nitrogens with one attached hydrogen (secondary N) is 3. The molecule has 2 aromatic heterocycles. The molecule has 5 aromatic rings. The molecule has 3 atom stereocenters. The number of aromatic hydroxyl groups is 1. The first-order valence-corrected chi connectivity index (χ1v) is 20.2. The number of nitrogens with zero attached hydrogens (tertiary/aromatic N) is 4. The number of amides is 2. The van der Waals surface area contributed by atoms with Gasteiger partial charge in [-0.25, -0.2) is 4.79 Å². The third-order valence-corrected chi connectivity index (χ3v) is 12.0. The number of rotatable bonds is 13. The van der Waals surface area contributed by atoms with E-state index in [1.807, 2.05) is 59.5 Å². The van der Waals surface area contributed by atoms with E-state index in [0.717, 1.165) is 62.1 Å². The summed E-state index contributed by atoms with van der Waals surface area (Å²) in [6, 6.07) is 25.0. The number of piperidine rings is 4. The van der Waals surface area contributed by atoms with Crippen LogP contribution in [0.15, 0.2) is 89.7 Å². The van der Waals surface area contributed by atoms with Crippen LogP contribution in [0.1, 0.15) is 70.7 Å². The Labute approximate surface area is 336 Å². The van der Waals surface area contributed by atoms with Crippen LogP contribution in [0.25, 0.3) is 10.9 Å². The number of carbonyl (C=O) groups is 2. The van der Waals surface area contributed by atoms with Crippen molar-refractivity contribution in [3.8, 4) is 11.5 Å². The summed E-state index contributed by atoms with van der Waals surface area (Å²) in [7, 11) is 1.80. The summed E-state index contributed by atoms with van der Waals surface area (Å²) in [5.74, 6) is 1.20. The molecule has 14 nitrogen and oxygen atoms in total. The summed E-state index contributed by atoms with van der Waals surface area (Å²) >= 11 is 0. The predicted molar refractivity (Wildman–Crippen MR) is 218 cm³/mol. The van der Waals surface area contributed by atoms with Gasteiger partial charge >= 0.3 is 6.09 Å². The molecule has 58 heavy (non-hydrogen) atoms. The fourth-order valence-corrected chi connectivity index (χ4v) is 8.61. The molecule has 2 amide bonds. The number of fused-ring (bicyclic) bond motifs is 4. The number of aromatic nitrogens is 3. The smallest absolute Gasteiger partial charge is 0.408 e. The summed E-state index contributed by atoms with van der Waals surface area (Å²) in [5, 5.41) is 32.7. The van der Waals surface area contributed by atoms with Gasteiger partial charge in [0.25, 0.3) is 5.91 Å². The van der Waals surface area contributed by atoms with Crippen molar-refractivity contribution in [3.05, 3.63) is 123 Å². The molecule has 0 saturated carbocycles. The van der Waals surface area contributed by atoms with Gasteiger partial charge in [-0.05, 0) is 104 Å². The Morgan fingerprint density at radius 1 is 0.931 bits per heavy atom. The number of benzene rings is 3. The number of aliphatic hydroxyl groups is 1. The fraction of sp³-hybridized carbons (Fsp3) is 0.409. The van der Waals surface area contributed by atoms with Crippen LogP contribution in [0.5, 0.6) is 11.5 Å². The highest BCUT2D eigenvalue weighted by atomic mass is 16.6. The second-order valence-electron chi connectivity index (χ2n) is 15.8. The number of H-pyrrole nitrogens is 1. The Balaban J connectivity index is 0.829. The maximum atomic E-state index is 13.5. The number of aliphatic hydroxyl groups excluding tert-OH is 1. The maximum absolute atomic E-state index is 13.5. The molecule has 0 spiro atoms. The topological polar surface area (TPSA) is 174 Å². The number of ether oxygens (including phenoxy) is 2.